The second-order valence-corrected chi connectivity index (χ2v) is 4.10. The number of nitrogens with zero attached hydrogens (tertiary/aromatic N) is 2. The van der Waals surface area contributed by atoms with Gasteiger partial charge in [-0.3, -0.25) is 4.98 Å². The Balaban J connectivity index is 2.27. The zero-order valence-electron chi connectivity index (χ0n) is 9.05. The first-order chi connectivity index (χ1) is 7.66. The second-order valence-electron chi connectivity index (χ2n) is 3.66. The van der Waals surface area contributed by atoms with E-state index in [2.05, 4.69) is 4.98 Å². The zero-order chi connectivity index (χ0) is 11.5. The van der Waals surface area contributed by atoms with Crippen LogP contribution in [0.1, 0.15) is 17.1 Å². The van der Waals surface area contributed by atoms with E-state index in [0.717, 1.165) is 17.1 Å². The number of aromatic nitrogens is 2. The van der Waals surface area contributed by atoms with Crippen molar-refractivity contribution in [1.29, 1.82) is 0 Å². The summed E-state index contributed by atoms with van der Waals surface area (Å²) in [7, 11) is 0. The van der Waals surface area contributed by atoms with Crippen LogP contribution in [0.15, 0.2) is 36.5 Å². The average Bonchev–Trinajstić information content (AvgIpc) is 2.66. The normalized spacial score (nSPS) is 10.3. The van der Waals surface area contributed by atoms with Gasteiger partial charge in [0.2, 0.25) is 0 Å². The maximum Gasteiger partial charge on any atom is 0.120 e. The zero-order valence-corrected chi connectivity index (χ0v) is 9.87. The molecule has 16 heavy (non-hydrogen) atoms. The van der Waals surface area contributed by atoms with Gasteiger partial charge in [-0.2, -0.15) is 0 Å². The minimum absolute atomic E-state index is 0.414. The first-order valence-electron chi connectivity index (χ1n) is 5.04. The van der Waals surface area contributed by atoms with Crippen molar-refractivity contribution in [3.8, 4) is 0 Å². The highest BCUT2D eigenvalue weighted by atomic mass is 32.1. The summed E-state index contributed by atoms with van der Waals surface area (Å²) in [5, 5.41) is 0. The number of pyridine rings is 1. The fraction of sp³-hybridized carbons (Fsp3) is 0.167. The van der Waals surface area contributed by atoms with E-state index in [9.17, 15) is 0 Å². The molecule has 0 radical (unpaired) electrons. The second kappa shape index (κ2) is 4.45. The lowest BCUT2D eigenvalue weighted by Crippen LogP contribution is -2.16. The van der Waals surface area contributed by atoms with Crippen molar-refractivity contribution in [2.45, 2.75) is 13.5 Å². The van der Waals surface area contributed by atoms with Crippen molar-refractivity contribution in [2.24, 2.45) is 5.73 Å². The Bertz CT molecular complexity index is 516. The van der Waals surface area contributed by atoms with Crippen LogP contribution in [0, 0.1) is 6.92 Å². The molecule has 2 heterocycles. The number of hydrogen-bond acceptors (Lipinski definition) is 2. The molecule has 0 unspecified atom stereocenters. The standard InChI is InChI=1S/C12H13N3S/c1-9-4-2-5-10(14-9)8-15-7-3-6-11(15)12(13)16/h2-7H,8H2,1H3,(H2,13,16). The molecule has 0 aliphatic rings. The summed E-state index contributed by atoms with van der Waals surface area (Å²) in [5.74, 6) is 0. The van der Waals surface area contributed by atoms with Crippen molar-refractivity contribution in [1.82, 2.24) is 9.55 Å². The Kier molecular flexibility index (Phi) is 3.01. The highest BCUT2D eigenvalue weighted by molar-refractivity contribution is 7.80. The first kappa shape index (κ1) is 10.8. The van der Waals surface area contributed by atoms with Crippen LogP contribution >= 0.6 is 12.2 Å². The van der Waals surface area contributed by atoms with Crippen LogP contribution in [0.4, 0.5) is 0 Å². The molecule has 0 saturated carbocycles. The number of rotatable bonds is 3. The molecule has 0 amide bonds. The maximum absolute atomic E-state index is 5.63. The lowest BCUT2D eigenvalue weighted by Gasteiger charge is -2.07. The predicted octanol–water partition coefficient (Wildman–Crippen LogP) is 1.87. The molecule has 2 N–H and O–H groups in total. The van der Waals surface area contributed by atoms with Gasteiger partial charge >= 0.3 is 0 Å². The quantitative estimate of drug-likeness (QED) is 0.820. The van der Waals surface area contributed by atoms with Crippen LogP contribution in [0.2, 0.25) is 0 Å². The van der Waals surface area contributed by atoms with Gasteiger partial charge in [0.05, 0.1) is 17.9 Å². The van der Waals surface area contributed by atoms with Gasteiger partial charge in [0.25, 0.3) is 0 Å². The summed E-state index contributed by atoms with van der Waals surface area (Å²) in [4.78, 5) is 4.86. The van der Waals surface area contributed by atoms with Gasteiger partial charge in [0.15, 0.2) is 0 Å². The van der Waals surface area contributed by atoms with E-state index >= 15 is 0 Å². The Morgan fingerprint density at radius 1 is 1.38 bits per heavy atom. The van der Waals surface area contributed by atoms with Crippen molar-refractivity contribution in [3.05, 3.63) is 53.6 Å². The molecule has 0 saturated heterocycles. The van der Waals surface area contributed by atoms with Gasteiger partial charge in [-0.05, 0) is 31.2 Å². The third-order valence-corrected chi connectivity index (χ3v) is 2.57. The van der Waals surface area contributed by atoms with E-state index in [1.807, 2.05) is 48.0 Å². The van der Waals surface area contributed by atoms with Crippen molar-refractivity contribution in [3.63, 3.8) is 0 Å². The van der Waals surface area contributed by atoms with Crippen molar-refractivity contribution >= 4 is 17.2 Å². The highest BCUT2D eigenvalue weighted by Crippen LogP contribution is 2.06. The van der Waals surface area contributed by atoms with Crippen LogP contribution in [-0.4, -0.2) is 14.5 Å². The number of hydrogen-bond donors (Lipinski definition) is 1. The minimum atomic E-state index is 0.414. The topological polar surface area (TPSA) is 43.8 Å². The lowest BCUT2D eigenvalue weighted by atomic mass is 10.3. The Morgan fingerprint density at radius 2 is 2.19 bits per heavy atom. The van der Waals surface area contributed by atoms with Crippen molar-refractivity contribution in [2.75, 3.05) is 0 Å². The molecule has 0 fully saturated rings. The van der Waals surface area contributed by atoms with E-state index < -0.39 is 0 Å². The number of nitrogens with two attached hydrogens (primary N) is 1. The molecule has 0 aliphatic carbocycles. The molecule has 0 atom stereocenters. The molecular formula is C12H13N3S. The summed E-state index contributed by atoms with van der Waals surface area (Å²) in [6.45, 7) is 2.68. The Hall–Kier alpha value is -1.68. The fourth-order valence-corrected chi connectivity index (χ4v) is 1.82. The summed E-state index contributed by atoms with van der Waals surface area (Å²) >= 11 is 4.98. The Morgan fingerprint density at radius 3 is 2.88 bits per heavy atom. The molecule has 3 nitrogen and oxygen atoms in total. The van der Waals surface area contributed by atoms with E-state index in [1.165, 1.54) is 0 Å². The molecule has 2 aromatic heterocycles. The molecular weight excluding hydrogens is 218 g/mol. The third-order valence-electron chi connectivity index (χ3n) is 2.36. The predicted molar refractivity (Wildman–Crippen MR) is 68.4 cm³/mol. The highest BCUT2D eigenvalue weighted by Gasteiger charge is 2.04. The van der Waals surface area contributed by atoms with E-state index in [0.29, 0.717) is 11.5 Å². The van der Waals surface area contributed by atoms with E-state index in [1.54, 1.807) is 0 Å². The average molecular weight is 231 g/mol. The fourth-order valence-electron chi connectivity index (χ4n) is 1.64. The van der Waals surface area contributed by atoms with Gasteiger partial charge in [0, 0.05) is 11.9 Å². The molecule has 0 aliphatic heterocycles. The molecule has 82 valence electrons. The Labute approximate surface area is 99.9 Å². The van der Waals surface area contributed by atoms with Crippen LogP contribution in [0.25, 0.3) is 0 Å². The number of aryl methyl sites for hydroxylation is 1. The van der Waals surface area contributed by atoms with Gasteiger partial charge in [-0.15, -0.1) is 0 Å². The maximum atomic E-state index is 5.63. The smallest absolute Gasteiger partial charge is 0.120 e. The number of thiocarbonyl (C=S) groups is 1. The molecule has 0 bridgehead atoms. The summed E-state index contributed by atoms with van der Waals surface area (Å²) < 4.78 is 2.00. The van der Waals surface area contributed by atoms with Gasteiger partial charge in [-0.25, -0.2) is 0 Å². The minimum Gasteiger partial charge on any atom is -0.388 e. The SMILES string of the molecule is Cc1cccc(Cn2cccc2C(N)=S)n1. The van der Waals surface area contributed by atoms with Crippen LogP contribution in [-0.2, 0) is 6.54 Å². The first-order valence-corrected chi connectivity index (χ1v) is 5.45. The molecule has 2 rings (SSSR count). The molecule has 2 aromatic rings. The summed E-state index contributed by atoms with van der Waals surface area (Å²) in [6, 6.07) is 9.83. The summed E-state index contributed by atoms with van der Waals surface area (Å²) in [5.41, 5.74) is 8.53. The van der Waals surface area contributed by atoms with E-state index in [4.69, 9.17) is 18.0 Å². The largest absolute Gasteiger partial charge is 0.388 e. The van der Waals surface area contributed by atoms with Gasteiger partial charge < -0.3 is 10.3 Å². The van der Waals surface area contributed by atoms with Gasteiger partial charge in [0.1, 0.15) is 4.99 Å². The lowest BCUT2D eigenvalue weighted by molar-refractivity contribution is 0.770. The third kappa shape index (κ3) is 2.28. The van der Waals surface area contributed by atoms with E-state index in [-0.39, 0.29) is 0 Å². The molecule has 0 spiro atoms. The van der Waals surface area contributed by atoms with Crippen LogP contribution < -0.4 is 5.73 Å². The van der Waals surface area contributed by atoms with Gasteiger partial charge in [-0.1, -0.05) is 18.3 Å². The van der Waals surface area contributed by atoms with Crippen LogP contribution in [0.3, 0.4) is 0 Å². The monoisotopic (exact) mass is 231 g/mol. The summed E-state index contributed by atoms with van der Waals surface area (Å²) in [6.07, 6.45) is 1.96. The van der Waals surface area contributed by atoms with Crippen molar-refractivity contribution < 1.29 is 0 Å². The molecule has 0 aromatic carbocycles. The van der Waals surface area contributed by atoms with Crippen LogP contribution in [0.5, 0.6) is 0 Å². The molecule has 4 heteroatoms.